The van der Waals surface area contributed by atoms with E-state index in [9.17, 15) is 5.26 Å². The molecule has 4 saturated carbocycles. The first-order valence-corrected chi connectivity index (χ1v) is 13.0. The summed E-state index contributed by atoms with van der Waals surface area (Å²) in [6.45, 7) is 8.39. The third kappa shape index (κ3) is 3.25. The van der Waals surface area contributed by atoms with E-state index in [1.54, 1.807) is 6.20 Å². The van der Waals surface area contributed by atoms with Crippen molar-refractivity contribution in [3.63, 3.8) is 0 Å². The van der Waals surface area contributed by atoms with E-state index in [1.165, 1.54) is 64.2 Å². The van der Waals surface area contributed by atoms with Crippen molar-refractivity contribution in [3.05, 3.63) is 18.0 Å². The van der Waals surface area contributed by atoms with Gasteiger partial charge in [0, 0.05) is 6.54 Å². The molecule has 3 heteroatoms. The van der Waals surface area contributed by atoms with E-state index in [4.69, 9.17) is 0 Å². The molecule has 4 aliphatic carbocycles. The van der Waals surface area contributed by atoms with Gasteiger partial charge in [0.05, 0.1) is 6.20 Å². The van der Waals surface area contributed by atoms with Crippen molar-refractivity contribution in [1.29, 1.82) is 5.26 Å². The fourth-order valence-corrected chi connectivity index (χ4v) is 9.27. The van der Waals surface area contributed by atoms with Gasteiger partial charge in [-0.2, -0.15) is 10.4 Å². The van der Waals surface area contributed by atoms with Crippen LogP contribution in [0.15, 0.2) is 12.3 Å². The molecule has 0 aromatic carbocycles. The van der Waals surface area contributed by atoms with E-state index in [2.05, 4.69) is 31.9 Å². The molecule has 3 unspecified atom stereocenters. The van der Waals surface area contributed by atoms with E-state index in [-0.39, 0.29) is 0 Å². The van der Waals surface area contributed by atoms with Crippen LogP contribution < -0.4 is 0 Å². The van der Waals surface area contributed by atoms with E-state index in [0.29, 0.717) is 17.0 Å². The molecular formula is C27H41N3. The Morgan fingerprint density at radius 1 is 1.13 bits per heavy atom. The molecule has 4 fully saturated rings. The molecule has 3 nitrogen and oxygen atoms in total. The van der Waals surface area contributed by atoms with Gasteiger partial charge in [0.1, 0.15) is 11.8 Å². The normalized spacial score (nSPS) is 43.9. The number of nitriles is 1. The Bertz CT molecular complexity index is 790. The second-order valence-corrected chi connectivity index (χ2v) is 11.7. The van der Waals surface area contributed by atoms with Crippen LogP contribution in [0.5, 0.6) is 0 Å². The maximum Gasteiger partial charge on any atom is 0.138 e. The van der Waals surface area contributed by atoms with E-state index in [1.807, 2.05) is 10.7 Å². The minimum absolute atomic E-state index is 0.508. The zero-order valence-electron chi connectivity index (χ0n) is 19.4. The summed E-state index contributed by atoms with van der Waals surface area (Å²) in [5.41, 5.74) is 1.22. The molecule has 1 heterocycles. The van der Waals surface area contributed by atoms with E-state index < -0.39 is 0 Å². The first-order valence-electron chi connectivity index (χ1n) is 13.0. The molecule has 1 aromatic rings. The minimum atomic E-state index is 0.508. The third-order valence-electron chi connectivity index (χ3n) is 10.7. The van der Waals surface area contributed by atoms with E-state index >= 15 is 0 Å². The molecule has 0 amide bonds. The topological polar surface area (TPSA) is 41.6 Å². The first-order chi connectivity index (χ1) is 14.5. The van der Waals surface area contributed by atoms with Crippen LogP contribution in [0.3, 0.4) is 0 Å². The second-order valence-electron chi connectivity index (χ2n) is 11.7. The summed E-state index contributed by atoms with van der Waals surface area (Å²) in [6, 6.07) is 4.16. The Morgan fingerprint density at radius 3 is 2.77 bits per heavy atom. The predicted octanol–water partition coefficient (Wildman–Crippen LogP) is 6.69. The fourth-order valence-electron chi connectivity index (χ4n) is 9.27. The van der Waals surface area contributed by atoms with Crippen LogP contribution in [-0.2, 0) is 6.54 Å². The number of fused-ring (bicyclic) bond motifs is 5. The van der Waals surface area contributed by atoms with Gasteiger partial charge < -0.3 is 0 Å². The van der Waals surface area contributed by atoms with Crippen LogP contribution >= 0.6 is 0 Å². The zero-order chi connectivity index (χ0) is 20.9. The smallest absolute Gasteiger partial charge is 0.138 e. The summed E-state index contributed by atoms with van der Waals surface area (Å²) < 4.78 is 1.95. The fraction of sp³-hybridized carbons (Fsp3) is 0.852. The van der Waals surface area contributed by atoms with Gasteiger partial charge in [0.15, 0.2) is 0 Å². The number of hydrogen-bond acceptors (Lipinski definition) is 2. The molecule has 30 heavy (non-hydrogen) atoms. The Hall–Kier alpha value is -1.30. The van der Waals surface area contributed by atoms with E-state index in [0.717, 1.165) is 48.0 Å². The summed E-state index contributed by atoms with van der Waals surface area (Å²) >= 11 is 0. The number of rotatable bonds is 4. The molecule has 0 spiro atoms. The van der Waals surface area contributed by atoms with Crippen molar-refractivity contribution in [2.24, 2.45) is 52.8 Å². The van der Waals surface area contributed by atoms with Crippen molar-refractivity contribution < 1.29 is 0 Å². The standard InChI is InChI=1S/C27H41N3/c1-4-19-5-7-22-20(15-19)6-8-24-23(22)11-13-27(3)25(9-10-26(24)27)18(2)17-30-21(16-28)12-14-29-30/h12,14,18-20,22-26H,4-11,13,15,17H2,1-3H3/t18-,19-,20+,22-,23?,24+,25?,26?,27+/m0/s1. The predicted molar refractivity (Wildman–Crippen MR) is 120 cm³/mol. The van der Waals surface area contributed by atoms with Crippen molar-refractivity contribution in [1.82, 2.24) is 9.78 Å². The van der Waals surface area contributed by atoms with Gasteiger partial charge in [-0.3, -0.25) is 4.68 Å². The van der Waals surface area contributed by atoms with Gasteiger partial charge in [-0.25, -0.2) is 0 Å². The summed E-state index contributed by atoms with van der Waals surface area (Å²) in [7, 11) is 0. The maximum atomic E-state index is 9.37. The highest BCUT2D eigenvalue weighted by atomic mass is 15.3. The quantitative estimate of drug-likeness (QED) is 0.558. The molecule has 0 radical (unpaired) electrons. The van der Waals surface area contributed by atoms with Crippen molar-refractivity contribution in [3.8, 4) is 6.07 Å². The molecule has 1 aromatic heterocycles. The van der Waals surface area contributed by atoms with Crippen molar-refractivity contribution >= 4 is 0 Å². The lowest BCUT2D eigenvalue weighted by atomic mass is 9.48. The SMILES string of the molecule is CC[C@H]1CC[C@@H]2C3CC[C@@]4(C)C(CCC4[C@@H](C)Cn4nccc4C#N)[C@@H]3CC[C@@H]2C1. The summed E-state index contributed by atoms with van der Waals surface area (Å²) in [4.78, 5) is 0. The summed E-state index contributed by atoms with van der Waals surface area (Å²) in [6.07, 6.45) is 16.6. The van der Waals surface area contributed by atoms with Crippen molar-refractivity contribution in [2.45, 2.75) is 91.5 Å². The Kier molecular flexibility index (Phi) is 5.49. The maximum absolute atomic E-state index is 9.37. The van der Waals surface area contributed by atoms with Gasteiger partial charge in [0.25, 0.3) is 0 Å². The number of aromatic nitrogens is 2. The van der Waals surface area contributed by atoms with Gasteiger partial charge in [-0.05, 0) is 110 Å². The Labute approximate surface area is 183 Å². The highest BCUT2D eigenvalue weighted by Crippen LogP contribution is 2.65. The zero-order valence-corrected chi connectivity index (χ0v) is 19.4. The van der Waals surface area contributed by atoms with Crippen LogP contribution in [0.25, 0.3) is 0 Å². The van der Waals surface area contributed by atoms with Gasteiger partial charge in [-0.15, -0.1) is 0 Å². The van der Waals surface area contributed by atoms with Crippen LogP contribution in [-0.4, -0.2) is 9.78 Å². The molecule has 0 saturated heterocycles. The lowest BCUT2D eigenvalue weighted by Crippen LogP contribution is -2.49. The Balaban J connectivity index is 1.30. The minimum Gasteiger partial charge on any atom is -0.255 e. The molecule has 9 atom stereocenters. The van der Waals surface area contributed by atoms with Gasteiger partial charge in [0.2, 0.25) is 0 Å². The van der Waals surface area contributed by atoms with Crippen LogP contribution in [0.4, 0.5) is 0 Å². The molecule has 0 aliphatic heterocycles. The monoisotopic (exact) mass is 407 g/mol. The second kappa shape index (κ2) is 7.99. The molecule has 5 rings (SSSR count). The lowest BCUT2D eigenvalue weighted by Gasteiger charge is -2.57. The average Bonchev–Trinajstić information content (AvgIpc) is 3.36. The van der Waals surface area contributed by atoms with Crippen LogP contribution in [0.2, 0.25) is 0 Å². The van der Waals surface area contributed by atoms with Gasteiger partial charge >= 0.3 is 0 Å². The average molecular weight is 408 g/mol. The lowest BCUT2D eigenvalue weighted by molar-refractivity contribution is -0.0747. The first kappa shape index (κ1) is 20.6. The molecule has 0 N–H and O–H groups in total. The third-order valence-corrected chi connectivity index (χ3v) is 10.7. The molecule has 4 aliphatic rings. The summed E-state index contributed by atoms with van der Waals surface area (Å²) in [5, 5.41) is 13.8. The number of hydrogen-bond donors (Lipinski definition) is 0. The Morgan fingerprint density at radius 2 is 1.97 bits per heavy atom. The van der Waals surface area contributed by atoms with Crippen LogP contribution in [0, 0.1) is 64.1 Å². The molecular weight excluding hydrogens is 366 g/mol. The molecule has 164 valence electrons. The summed E-state index contributed by atoms with van der Waals surface area (Å²) in [5.74, 6) is 7.48. The highest BCUT2D eigenvalue weighted by molar-refractivity contribution is 5.18. The van der Waals surface area contributed by atoms with Crippen LogP contribution in [0.1, 0.15) is 90.7 Å². The van der Waals surface area contributed by atoms with Gasteiger partial charge in [-0.1, -0.05) is 33.6 Å². The van der Waals surface area contributed by atoms with Crippen molar-refractivity contribution in [2.75, 3.05) is 0 Å². The largest absolute Gasteiger partial charge is 0.255 e. The highest BCUT2D eigenvalue weighted by Gasteiger charge is 2.57. The molecule has 0 bridgehead atoms. The number of nitrogens with zero attached hydrogens (tertiary/aromatic N) is 3.